The number of hydrogen-bond donors (Lipinski definition) is 0. The number of piperazine rings is 1. The van der Waals surface area contributed by atoms with E-state index >= 15 is 4.39 Å². The molecular formula is C28H27F2N5O. The maximum absolute atomic E-state index is 16.2. The molecule has 1 fully saturated rings. The van der Waals surface area contributed by atoms with E-state index in [9.17, 15) is 14.4 Å². The predicted molar refractivity (Wildman–Crippen MR) is 139 cm³/mol. The van der Waals surface area contributed by atoms with Crippen LogP contribution < -0.4 is 4.90 Å². The zero-order valence-corrected chi connectivity index (χ0v) is 20.8. The Balaban J connectivity index is 1.93. The highest BCUT2D eigenvalue weighted by atomic mass is 19.1. The lowest BCUT2D eigenvalue weighted by atomic mass is 9.93. The third-order valence-corrected chi connectivity index (χ3v) is 6.68. The van der Waals surface area contributed by atoms with Gasteiger partial charge in [-0.05, 0) is 57.5 Å². The first-order valence-electron chi connectivity index (χ1n) is 11.7. The van der Waals surface area contributed by atoms with Crippen LogP contribution in [-0.4, -0.2) is 47.7 Å². The van der Waals surface area contributed by atoms with Crippen LogP contribution in [-0.2, 0) is 4.79 Å². The monoisotopic (exact) mass is 487 g/mol. The molecule has 1 aromatic heterocycles. The number of hydrogen-bond acceptors (Lipinski definition) is 5. The third kappa shape index (κ3) is 4.11. The molecule has 184 valence electrons. The van der Waals surface area contributed by atoms with Crippen molar-refractivity contribution in [2.75, 3.05) is 24.5 Å². The number of aliphatic imine (C=N–C) groups is 1. The lowest BCUT2D eigenvalue weighted by molar-refractivity contribution is -0.126. The van der Waals surface area contributed by atoms with E-state index in [1.807, 2.05) is 17.9 Å². The van der Waals surface area contributed by atoms with Crippen LogP contribution in [0.4, 0.5) is 20.2 Å². The molecule has 3 aromatic rings. The van der Waals surface area contributed by atoms with E-state index in [4.69, 9.17) is 0 Å². The van der Waals surface area contributed by atoms with Crippen LogP contribution in [0.5, 0.6) is 0 Å². The molecule has 1 amide bonds. The number of nitriles is 1. The molecule has 8 heteroatoms. The molecular weight excluding hydrogens is 460 g/mol. The molecule has 36 heavy (non-hydrogen) atoms. The number of carbonyl (C=O) groups is 1. The van der Waals surface area contributed by atoms with Crippen molar-refractivity contribution < 1.29 is 13.6 Å². The van der Waals surface area contributed by atoms with E-state index in [0.29, 0.717) is 64.2 Å². The Labute approximate surface area is 209 Å². The molecule has 0 aliphatic carbocycles. The summed E-state index contributed by atoms with van der Waals surface area (Å²) in [4.78, 5) is 24.5. The smallest absolute Gasteiger partial charge is 0.246 e. The van der Waals surface area contributed by atoms with Gasteiger partial charge in [-0.2, -0.15) is 5.26 Å². The Bertz CT molecular complexity index is 1460. The molecule has 0 unspecified atom stereocenters. The maximum atomic E-state index is 16.2. The van der Waals surface area contributed by atoms with Crippen molar-refractivity contribution in [1.29, 1.82) is 5.26 Å². The van der Waals surface area contributed by atoms with E-state index in [-0.39, 0.29) is 17.5 Å². The lowest BCUT2D eigenvalue weighted by Crippen LogP contribution is -2.53. The Morgan fingerprint density at radius 3 is 2.69 bits per heavy atom. The molecule has 0 spiro atoms. The average Bonchev–Trinajstić information content (AvgIpc) is 2.87. The van der Waals surface area contributed by atoms with Gasteiger partial charge in [0.2, 0.25) is 5.91 Å². The van der Waals surface area contributed by atoms with E-state index in [1.54, 1.807) is 31.9 Å². The first kappa shape index (κ1) is 25.0. The second-order valence-corrected chi connectivity index (χ2v) is 8.90. The van der Waals surface area contributed by atoms with Gasteiger partial charge in [0.05, 0.1) is 16.9 Å². The fraction of sp³-hybridized carbons (Fsp3) is 0.286. The summed E-state index contributed by atoms with van der Waals surface area (Å²) in [5.41, 5.74) is 3.13. The molecule has 6 nitrogen and oxygen atoms in total. The van der Waals surface area contributed by atoms with Crippen molar-refractivity contribution >= 4 is 34.4 Å². The molecule has 1 atom stereocenters. The summed E-state index contributed by atoms with van der Waals surface area (Å²) in [5.74, 6) is -1.11. The van der Waals surface area contributed by atoms with Gasteiger partial charge in [-0.25, -0.2) is 8.78 Å². The minimum Gasteiger partial charge on any atom is -0.364 e. The zero-order valence-electron chi connectivity index (χ0n) is 20.8. The van der Waals surface area contributed by atoms with Gasteiger partial charge in [0.15, 0.2) is 5.82 Å². The number of aryl methyl sites for hydroxylation is 1. The largest absolute Gasteiger partial charge is 0.364 e. The Hall–Kier alpha value is -4.12. The molecule has 2 aromatic carbocycles. The molecule has 1 aliphatic rings. The van der Waals surface area contributed by atoms with Gasteiger partial charge in [0, 0.05) is 60.2 Å². The molecule has 0 N–H and O–H groups in total. The van der Waals surface area contributed by atoms with Crippen molar-refractivity contribution in [3.05, 3.63) is 65.4 Å². The van der Waals surface area contributed by atoms with Gasteiger partial charge in [0.1, 0.15) is 17.4 Å². The number of carbonyl (C=O) groups excluding carboxylic acids is 1. The van der Waals surface area contributed by atoms with Gasteiger partial charge < -0.3 is 9.80 Å². The van der Waals surface area contributed by atoms with Crippen molar-refractivity contribution in [3.8, 4) is 17.2 Å². The first-order valence-corrected chi connectivity index (χ1v) is 11.7. The molecule has 0 saturated carbocycles. The summed E-state index contributed by atoms with van der Waals surface area (Å²) in [6.07, 6.45) is 4.22. The van der Waals surface area contributed by atoms with Crippen molar-refractivity contribution in [1.82, 2.24) is 9.88 Å². The maximum Gasteiger partial charge on any atom is 0.246 e. The van der Waals surface area contributed by atoms with E-state index in [0.717, 1.165) is 0 Å². The molecule has 4 rings (SSSR count). The average molecular weight is 488 g/mol. The van der Waals surface area contributed by atoms with Crippen molar-refractivity contribution in [2.45, 2.75) is 33.7 Å². The highest BCUT2D eigenvalue weighted by Crippen LogP contribution is 2.42. The number of aromatic nitrogens is 1. The van der Waals surface area contributed by atoms with E-state index in [1.165, 1.54) is 24.4 Å². The van der Waals surface area contributed by atoms with Gasteiger partial charge in [-0.1, -0.05) is 6.58 Å². The second-order valence-electron chi connectivity index (χ2n) is 8.90. The van der Waals surface area contributed by atoms with Crippen LogP contribution in [0.1, 0.15) is 30.5 Å². The number of nitrogens with zero attached hydrogens (tertiary/aromatic N) is 5. The summed E-state index contributed by atoms with van der Waals surface area (Å²) in [6, 6.07) is 6.74. The zero-order chi connectivity index (χ0) is 26.1. The number of benzene rings is 2. The van der Waals surface area contributed by atoms with Crippen LogP contribution >= 0.6 is 0 Å². The number of fused-ring (bicyclic) bond motifs is 1. The summed E-state index contributed by atoms with van der Waals surface area (Å²) < 4.78 is 30.5. The Kier molecular flexibility index (Phi) is 6.84. The van der Waals surface area contributed by atoms with Gasteiger partial charge in [0.25, 0.3) is 0 Å². The van der Waals surface area contributed by atoms with Gasteiger partial charge in [-0.3, -0.25) is 14.8 Å². The minimum atomic E-state index is -0.553. The predicted octanol–water partition coefficient (Wildman–Crippen LogP) is 5.61. The summed E-state index contributed by atoms with van der Waals surface area (Å²) >= 11 is 0. The number of pyridine rings is 1. The normalized spacial score (nSPS) is 16.0. The number of amides is 1. The molecule has 2 heterocycles. The molecule has 0 bridgehead atoms. The highest BCUT2D eigenvalue weighted by molar-refractivity contribution is 5.99. The number of anilines is 1. The lowest BCUT2D eigenvalue weighted by Gasteiger charge is -2.41. The van der Waals surface area contributed by atoms with Crippen molar-refractivity contribution in [3.63, 3.8) is 0 Å². The number of rotatable bonds is 4. The first-order chi connectivity index (χ1) is 17.2. The standard InChI is InChI=1S/C28H27F2N5O/c1-6-23(36)34-10-11-35(17(4)15-34)28-19(13-31)14-33-27-21(28)12-16(3)24(25(27)30)20-8-9-22(29)18(5)26(20)32-7-2/h6-9,12,14,17H,1,10-11,15H2,2-5H3/b32-7-/t17-/m0/s1. The highest BCUT2D eigenvalue weighted by Gasteiger charge is 2.30. The summed E-state index contributed by atoms with van der Waals surface area (Å²) in [5, 5.41) is 10.4. The Morgan fingerprint density at radius 2 is 2.06 bits per heavy atom. The number of halogens is 2. The van der Waals surface area contributed by atoms with E-state index in [2.05, 4.69) is 22.6 Å². The second kappa shape index (κ2) is 9.86. The van der Waals surface area contributed by atoms with E-state index < -0.39 is 11.6 Å². The SMILES string of the molecule is C=CC(=O)N1CCN(c2c(C#N)cnc3c(F)c(-c4ccc(F)c(C)c4/N=C\C)c(C)cc23)[C@@H](C)C1. The molecule has 1 saturated heterocycles. The van der Waals surface area contributed by atoms with Crippen LogP contribution in [0.2, 0.25) is 0 Å². The molecule has 0 radical (unpaired) electrons. The summed E-state index contributed by atoms with van der Waals surface area (Å²) in [6.45, 7) is 12.0. The van der Waals surface area contributed by atoms with Crippen LogP contribution in [0, 0.1) is 36.8 Å². The third-order valence-electron chi connectivity index (χ3n) is 6.68. The van der Waals surface area contributed by atoms with Gasteiger partial charge in [-0.15, -0.1) is 0 Å². The Morgan fingerprint density at radius 1 is 1.31 bits per heavy atom. The fourth-order valence-electron chi connectivity index (χ4n) is 4.92. The molecule has 1 aliphatic heterocycles. The van der Waals surface area contributed by atoms with Crippen molar-refractivity contribution in [2.24, 2.45) is 4.99 Å². The topological polar surface area (TPSA) is 72.6 Å². The van der Waals surface area contributed by atoms with Crippen LogP contribution in [0.15, 0.2) is 42.0 Å². The van der Waals surface area contributed by atoms with Crippen LogP contribution in [0.25, 0.3) is 22.0 Å². The van der Waals surface area contributed by atoms with Gasteiger partial charge >= 0.3 is 0 Å². The van der Waals surface area contributed by atoms with Crippen LogP contribution in [0.3, 0.4) is 0 Å². The summed E-state index contributed by atoms with van der Waals surface area (Å²) in [7, 11) is 0. The fourth-order valence-corrected chi connectivity index (χ4v) is 4.92. The minimum absolute atomic E-state index is 0.117. The quantitative estimate of drug-likeness (QED) is 0.354.